The summed E-state index contributed by atoms with van der Waals surface area (Å²) in [6.45, 7) is 2.97. The number of hydrogen-bond acceptors (Lipinski definition) is 2. The molecule has 0 bridgehead atoms. The van der Waals surface area contributed by atoms with Crippen LogP contribution in [0.5, 0.6) is 0 Å². The molecule has 0 spiro atoms. The average molecular weight is 323 g/mol. The zero-order chi connectivity index (χ0) is 14.8. The van der Waals surface area contributed by atoms with Crippen LogP contribution in [0.2, 0.25) is 0 Å². The lowest BCUT2D eigenvalue weighted by Gasteiger charge is -2.33. The van der Waals surface area contributed by atoms with E-state index in [9.17, 15) is 4.79 Å². The number of carbonyl (C=O) groups is 1. The summed E-state index contributed by atoms with van der Waals surface area (Å²) in [4.78, 5) is 14.7. The smallest absolute Gasteiger partial charge is 0.227 e. The van der Waals surface area contributed by atoms with Crippen molar-refractivity contribution in [3.63, 3.8) is 0 Å². The molecule has 4 heteroatoms. The summed E-state index contributed by atoms with van der Waals surface area (Å²) in [5.41, 5.74) is 9.92. The zero-order valence-electron chi connectivity index (χ0n) is 13.4. The van der Waals surface area contributed by atoms with Crippen LogP contribution in [0.3, 0.4) is 0 Å². The lowest BCUT2D eigenvalue weighted by molar-refractivity contribution is -0.120. The molecule has 1 aliphatic carbocycles. The quantitative estimate of drug-likeness (QED) is 0.904. The predicted molar refractivity (Wildman–Crippen MR) is 93.7 cm³/mol. The molecular formula is C18H27ClN2O. The van der Waals surface area contributed by atoms with Gasteiger partial charge in [0.15, 0.2) is 0 Å². The van der Waals surface area contributed by atoms with Gasteiger partial charge in [-0.2, -0.15) is 0 Å². The Morgan fingerprint density at radius 1 is 1.27 bits per heavy atom. The first-order chi connectivity index (χ1) is 10.1. The molecule has 2 aliphatic rings. The minimum absolute atomic E-state index is 0. The van der Waals surface area contributed by atoms with Crippen molar-refractivity contribution in [2.24, 2.45) is 11.7 Å². The van der Waals surface area contributed by atoms with Gasteiger partial charge in [-0.1, -0.05) is 30.5 Å². The van der Waals surface area contributed by atoms with Gasteiger partial charge in [-0.25, -0.2) is 0 Å². The second-order valence-corrected chi connectivity index (χ2v) is 6.69. The van der Waals surface area contributed by atoms with Gasteiger partial charge in [0.25, 0.3) is 0 Å². The molecule has 1 aromatic rings. The number of benzene rings is 1. The maximum atomic E-state index is 12.7. The molecule has 122 valence electrons. The molecular weight excluding hydrogens is 296 g/mol. The van der Waals surface area contributed by atoms with E-state index in [2.05, 4.69) is 25.1 Å². The first-order valence-electron chi connectivity index (χ1n) is 8.30. The molecule has 0 aromatic heterocycles. The Labute approximate surface area is 139 Å². The van der Waals surface area contributed by atoms with Gasteiger partial charge in [0.1, 0.15) is 0 Å². The van der Waals surface area contributed by atoms with Gasteiger partial charge in [-0.3, -0.25) is 4.79 Å². The van der Waals surface area contributed by atoms with E-state index in [4.69, 9.17) is 5.73 Å². The molecule has 1 fully saturated rings. The minimum atomic E-state index is 0. The molecule has 0 saturated heterocycles. The number of carbonyl (C=O) groups excluding carboxylic acids is 1. The fourth-order valence-electron chi connectivity index (χ4n) is 3.81. The number of amides is 1. The van der Waals surface area contributed by atoms with E-state index in [0.29, 0.717) is 12.3 Å². The standard InChI is InChI=1S/C18H26N2O.ClH/c1-13-8-9-17-15(11-13)6-4-10-20(17)18(21)12-14-5-2-3-7-16(14)19;/h8-9,11,14,16H,2-7,10,12,19H2,1H3;1H. The number of fused-ring (bicyclic) bond motifs is 1. The summed E-state index contributed by atoms with van der Waals surface area (Å²) in [5.74, 6) is 0.643. The molecule has 3 rings (SSSR count). The van der Waals surface area contributed by atoms with E-state index in [0.717, 1.165) is 37.9 Å². The topological polar surface area (TPSA) is 46.3 Å². The van der Waals surface area contributed by atoms with E-state index in [-0.39, 0.29) is 24.4 Å². The van der Waals surface area contributed by atoms with E-state index in [1.807, 2.05) is 4.90 Å². The second kappa shape index (κ2) is 7.47. The lowest BCUT2D eigenvalue weighted by Crippen LogP contribution is -2.40. The number of halogens is 1. The van der Waals surface area contributed by atoms with Crippen LogP contribution in [0, 0.1) is 12.8 Å². The van der Waals surface area contributed by atoms with Gasteiger partial charge in [0.05, 0.1) is 0 Å². The Morgan fingerprint density at radius 3 is 2.82 bits per heavy atom. The number of aryl methyl sites for hydroxylation is 2. The van der Waals surface area contributed by atoms with E-state index in [1.54, 1.807) is 0 Å². The predicted octanol–water partition coefficient (Wildman–Crippen LogP) is 3.60. The number of rotatable bonds is 2. The maximum absolute atomic E-state index is 12.7. The number of hydrogen-bond donors (Lipinski definition) is 1. The minimum Gasteiger partial charge on any atom is -0.327 e. The zero-order valence-corrected chi connectivity index (χ0v) is 14.2. The summed E-state index contributed by atoms with van der Waals surface area (Å²) >= 11 is 0. The fourth-order valence-corrected chi connectivity index (χ4v) is 3.81. The third-order valence-corrected chi connectivity index (χ3v) is 5.06. The summed E-state index contributed by atoms with van der Waals surface area (Å²) < 4.78 is 0. The van der Waals surface area contributed by atoms with Crippen LogP contribution in [0.15, 0.2) is 18.2 Å². The first-order valence-corrected chi connectivity index (χ1v) is 8.30. The van der Waals surface area contributed by atoms with Crippen LogP contribution in [0.4, 0.5) is 5.69 Å². The highest BCUT2D eigenvalue weighted by Gasteiger charge is 2.28. The molecule has 22 heavy (non-hydrogen) atoms. The molecule has 1 aliphatic heterocycles. The van der Waals surface area contributed by atoms with Gasteiger partial charge < -0.3 is 10.6 Å². The van der Waals surface area contributed by atoms with Crippen LogP contribution in [0.1, 0.15) is 49.7 Å². The highest BCUT2D eigenvalue weighted by Crippen LogP contribution is 2.31. The van der Waals surface area contributed by atoms with Crippen LogP contribution in [-0.2, 0) is 11.2 Å². The van der Waals surface area contributed by atoms with Crippen molar-refractivity contribution in [2.45, 2.75) is 57.9 Å². The highest BCUT2D eigenvalue weighted by molar-refractivity contribution is 5.94. The van der Waals surface area contributed by atoms with Gasteiger partial charge in [0, 0.05) is 24.7 Å². The second-order valence-electron chi connectivity index (χ2n) is 6.69. The molecule has 2 unspecified atom stereocenters. The Balaban J connectivity index is 0.00000176. The van der Waals surface area contributed by atoms with E-state index < -0.39 is 0 Å². The van der Waals surface area contributed by atoms with Gasteiger partial charge in [0.2, 0.25) is 5.91 Å². The Morgan fingerprint density at radius 2 is 2.05 bits per heavy atom. The lowest BCUT2D eigenvalue weighted by atomic mass is 9.82. The summed E-state index contributed by atoms with van der Waals surface area (Å²) in [6.07, 6.45) is 7.41. The first kappa shape index (κ1) is 17.3. The van der Waals surface area contributed by atoms with Crippen LogP contribution in [0.25, 0.3) is 0 Å². The third-order valence-electron chi connectivity index (χ3n) is 5.06. The largest absolute Gasteiger partial charge is 0.327 e. The van der Waals surface area contributed by atoms with Crippen LogP contribution >= 0.6 is 12.4 Å². The summed E-state index contributed by atoms with van der Waals surface area (Å²) in [6, 6.07) is 6.66. The van der Waals surface area contributed by atoms with Crippen molar-refractivity contribution in [3.8, 4) is 0 Å². The maximum Gasteiger partial charge on any atom is 0.227 e. The summed E-state index contributed by atoms with van der Waals surface area (Å²) in [7, 11) is 0. The molecule has 1 amide bonds. The monoisotopic (exact) mass is 322 g/mol. The van der Waals surface area contributed by atoms with Gasteiger partial charge in [-0.05, 0) is 50.2 Å². The Hall–Kier alpha value is -1.06. The summed E-state index contributed by atoms with van der Waals surface area (Å²) in [5, 5.41) is 0. The Kier molecular flexibility index (Phi) is 5.87. The van der Waals surface area contributed by atoms with Crippen molar-refractivity contribution in [3.05, 3.63) is 29.3 Å². The normalized spacial score (nSPS) is 24.4. The number of anilines is 1. The van der Waals surface area contributed by atoms with E-state index in [1.165, 1.54) is 24.0 Å². The molecule has 2 N–H and O–H groups in total. The van der Waals surface area contributed by atoms with Gasteiger partial charge in [-0.15, -0.1) is 12.4 Å². The Bertz CT molecular complexity index is 532. The highest BCUT2D eigenvalue weighted by atomic mass is 35.5. The van der Waals surface area contributed by atoms with Crippen molar-refractivity contribution >= 4 is 24.0 Å². The van der Waals surface area contributed by atoms with Crippen LogP contribution < -0.4 is 10.6 Å². The van der Waals surface area contributed by atoms with Crippen molar-refractivity contribution in [1.82, 2.24) is 0 Å². The van der Waals surface area contributed by atoms with Gasteiger partial charge >= 0.3 is 0 Å². The fraction of sp³-hybridized carbons (Fsp3) is 0.611. The van der Waals surface area contributed by atoms with E-state index >= 15 is 0 Å². The molecule has 3 nitrogen and oxygen atoms in total. The number of nitrogens with zero attached hydrogens (tertiary/aromatic N) is 1. The average Bonchev–Trinajstić information content (AvgIpc) is 2.48. The van der Waals surface area contributed by atoms with Crippen molar-refractivity contribution < 1.29 is 4.79 Å². The van der Waals surface area contributed by atoms with Crippen LogP contribution in [-0.4, -0.2) is 18.5 Å². The molecule has 1 saturated carbocycles. The molecule has 0 radical (unpaired) electrons. The SMILES string of the molecule is Cc1ccc2c(c1)CCCN2C(=O)CC1CCCCC1N.Cl. The molecule has 1 heterocycles. The van der Waals surface area contributed by atoms with Crippen molar-refractivity contribution in [2.75, 3.05) is 11.4 Å². The third kappa shape index (κ3) is 3.64. The van der Waals surface area contributed by atoms with Crippen molar-refractivity contribution in [1.29, 1.82) is 0 Å². The molecule has 1 aromatic carbocycles. The number of nitrogens with two attached hydrogens (primary N) is 1. The molecule has 2 atom stereocenters.